The van der Waals surface area contributed by atoms with Crippen molar-refractivity contribution in [2.75, 3.05) is 38.5 Å². The Morgan fingerprint density at radius 2 is 1.96 bits per heavy atom. The van der Waals surface area contributed by atoms with Crippen molar-refractivity contribution >= 4 is 29.3 Å². The molecule has 1 N–H and O–H groups in total. The molecule has 4 amide bonds. The number of ketones is 1. The number of nitrogens with zero attached hydrogens (tertiary/aromatic N) is 3. The molecule has 1 aromatic carbocycles. The van der Waals surface area contributed by atoms with Gasteiger partial charge in [-0.2, -0.15) is 0 Å². The summed E-state index contributed by atoms with van der Waals surface area (Å²) >= 11 is 0. The number of hydrogen-bond acceptors (Lipinski definition) is 4. The molecule has 0 unspecified atom stereocenters. The number of carbonyl (C=O) groups is 4. The molecule has 1 atom stereocenters. The largest absolute Gasteiger partial charge is 0.335 e. The maximum Gasteiger partial charge on any atom is 0.321 e. The Bertz CT molecular complexity index is 748. The Morgan fingerprint density at radius 3 is 2.68 bits per heavy atom. The van der Waals surface area contributed by atoms with Crippen LogP contribution in [0.4, 0.5) is 10.5 Å². The smallest absolute Gasteiger partial charge is 0.321 e. The van der Waals surface area contributed by atoms with Crippen molar-refractivity contribution in [1.29, 1.82) is 0 Å². The predicted molar refractivity (Wildman–Crippen MR) is 90.2 cm³/mol. The van der Waals surface area contributed by atoms with E-state index in [1.807, 2.05) is 0 Å². The summed E-state index contributed by atoms with van der Waals surface area (Å²) in [4.78, 5) is 52.7. The number of carbonyl (C=O) groups excluding carboxylic acids is 4. The lowest BCUT2D eigenvalue weighted by Gasteiger charge is -2.45. The lowest BCUT2D eigenvalue weighted by atomic mass is 10.1. The molecule has 2 aliphatic heterocycles. The van der Waals surface area contributed by atoms with E-state index in [4.69, 9.17) is 0 Å². The van der Waals surface area contributed by atoms with Crippen molar-refractivity contribution in [3.63, 3.8) is 0 Å². The molecule has 0 radical (unpaired) electrons. The predicted octanol–water partition coefficient (Wildman–Crippen LogP) is 0.406. The maximum absolute atomic E-state index is 12.5. The summed E-state index contributed by atoms with van der Waals surface area (Å²) in [6, 6.07) is 5.70. The van der Waals surface area contributed by atoms with Crippen LogP contribution >= 0.6 is 0 Å². The third kappa shape index (κ3) is 3.33. The van der Waals surface area contributed by atoms with Crippen molar-refractivity contribution in [2.45, 2.75) is 13.0 Å². The summed E-state index contributed by atoms with van der Waals surface area (Å²) in [7, 11) is 1.59. The molecule has 0 aromatic heterocycles. The topological polar surface area (TPSA) is 90.0 Å². The molecule has 0 saturated carbocycles. The number of nitrogens with one attached hydrogen (secondary N) is 1. The minimum atomic E-state index is -0.630. The normalized spacial score (nSPS) is 20.4. The molecule has 8 nitrogen and oxygen atoms in total. The van der Waals surface area contributed by atoms with Crippen LogP contribution in [0.15, 0.2) is 24.3 Å². The van der Waals surface area contributed by atoms with Gasteiger partial charge in [0.25, 0.3) is 0 Å². The highest BCUT2D eigenvalue weighted by molar-refractivity contribution is 5.98. The van der Waals surface area contributed by atoms with Crippen LogP contribution in [0.3, 0.4) is 0 Å². The van der Waals surface area contributed by atoms with Gasteiger partial charge in [0.05, 0.1) is 13.1 Å². The van der Waals surface area contributed by atoms with E-state index < -0.39 is 6.04 Å². The van der Waals surface area contributed by atoms with Gasteiger partial charge in [0, 0.05) is 31.4 Å². The minimum absolute atomic E-state index is 0.0827. The first-order chi connectivity index (χ1) is 11.9. The monoisotopic (exact) mass is 344 g/mol. The highest BCUT2D eigenvalue weighted by atomic mass is 16.2. The van der Waals surface area contributed by atoms with Crippen molar-refractivity contribution < 1.29 is 19.2 Å². The van der Waals surface area contributed by atoms with Gasteiger partial charge < -0.3 is 20.0 Å². The number of anilines is 1. The van der Waals surface area contributed by atoms with Gasteiger partial charge in [0.2, 0.25) is 11.8 Å². The zero-order valence-electron chi connectivity index (χ0n) is 14.2. The number of likely N-dealkylation sites (N-methyl/N-ethyl adjacent to an activating group) is 1. The van der Waals surface area contributed by atoms with Gasteiger partial charge in [-0.15, -0.1) is 0 Å². The van der Waals surface area contributed by atoms with Crippen LogP contribution in [0.2, 0.25) is 0 Å². The average molecular weight is 344 g/mol. The summed E-state index contributed by atoms with van der Waals surface area (Å²) in [6.07, 6.45) is 0. The minimum Gasteiger partial charge on any atom is -0.335 e. The lowest BCUT2D eigenvalue weighted by molar-refractivity contribution is -0.157. The number of amides is 4. The number of piperazine rings is 2. The number of urea groups is 1. The van der Waals surface area contributed by atoms with Crippen LogP contribution in [-0.2, 0) is 9.59 Å². The second-order valence-corrected chi connectivity index (χ2v) is 6.31. The van der Waals surface area contributed by atoms with Gasteiger partial charge in [0.15, 0.2) is 5.78 Å². The van der Waals surface area contributed by atoms with Crippen LogP contribution in [0, 0.1) is 0 Å². The number of fused-ring (bicyclic) bond motifs is 1. The van der Waals surface area contributed by atoms with Crippen LogP contribution in [0.5, 0.6) is 0 Å². The van der Waals surface area contributed by atoms with Gasteiger partial charge in [-0.25, -0.2) is 4.79 Å². The van der Waals surface area contributed by atoms with E-state index in [1.165, 1.54) is 16.7 Å². The maximum atomic E-state index is 12.5. The van der Waals surface area contributed by atoms with Crippen molar-refractivity contribution in [2.24, 2.45) is 0 Å². The van der Waals surface area contributed by atoms with Crippen LogP contribution in [-0.4, -0.2) is 77.6 Å². The molecule has 2 saturated heterocycles. The molecular formula is C17H20N4O4. The van der Waals surface area contributed by atoms with E-state index in [0.717, 1.165) is 0 Å². The Kier molecular flexibility index (Phi) is 4.43. The first-order valence-electron chi connectivity index (χ1n) is 8.08. The summed E-state index contributed by atoms with van der Waals surface area (Å²) < 4.78 is 0. The fraction of sp³-hybridized carbons (Fsp3) is 0.412. The zero-order chi connectivity index (χ0) is 18.1. The highest BCUT2D eigenvalue weighted by Crippen LogP contribution is 2.18. The molecule has 25 heavy (non-hydrogen) atoms. The van der Waals surface area contributed by atoms with Gasteiger partial charge >= 0.3 is 6.03 Å². The van der Waals surface area contributed by atoms with E-state index in [-0.39, 0.29) is 36.7 Å². The molecule has 3 rings (SSSR count). The Hall–Kier alpha value is -2.90. The van der Waals surface area contributed by atoms with E-state index in [1.54, 1.807) is 36.2 Å². The van der Waals surface area contributed by atoms with Crippen LogP contribution in [0.25, 0.3) is 0 Å². The quantitative estimate of drug-likeness (QED) is 0.787. The van der Waals surface area contributed by atoms with Gasteiger partial charge in [-0.05, 0) is 19.1 Å². The first-order valence-corrected chi connectivity index (χ1v) is 8.08. The third-order valence-electron chi connectivity index (χ3n) is 4.54. The number of benzene rings is 1. The van der Waals surface area contributed by atoms with Crippen LogP contribution < -0.4 is 5.32 Å². The summed E-state index contributed by atoms with van der Waals surface area (Å²) in [5.41, 5.74) is 1.03. The zero-order valence-corrected chi connectivity index (χ0v) is 14.2. The molecule has 0 bridgehead atoms. The van der Waals surface area contributed by atoms with Gasteiger partial charge in [0.1, 0.15) is 6.04 Å². The Labute approximate surface area is 145 Å². The standard InChI is InChI=1S/C17H20N4O4/c1-11(22)12-4-3-5-13(8-12)18-17(25)20-6-7-21-14(9-20)16(24)19(2)10-15(21)23/h3-5,8,14H,6-7,9-10H2,1-2H3,(H,18,25)/t14-/m1/s1. The van der Waals surface area contributed by atoms with Crippen LogP contribution in [0.1, 0.15) is 17.3 Å². The average Bonchev–Trinajstić information content (AvgIpc) is 2.59. The summed E-state index contributed by atoms with van der Waals surface area (Å²) in [5, 5.41) is 2.75. The molecule has 2 fully saturated rings. The SMILES string of the molecule is CC(=O)c1cccc(NC(=O)N2CCN3C(=O)CN(C)C(=O)[C@H]3C2)c1. The molecule has 0 spiro atoms. The van der Waals surface area contributed by atoms with E-state index in [9.17, 15) is 19.2 Å². The molecular weight excluding hydrogens is 324 g/mol. The molecule has 2 aliphatic rings. The van der Waals surface area contributed by atoms with E-state index >= 15 is 0 Å². The first kappa shape index (κ1) is 16.9. The van der Waals surface area contributed by atoms with Crippen molar-refractivity contribution in [1.82, 2.24) is 14.7 Å². The fourth-order valence-electron chi connectivity index (χ4n) is 3.12. The molecule has 132 valence electrons. The number of Topliss-reactive ketones (excluding diaryl/α,β-unsaturated/α-hetero) is 1. The number of rotatable bonds is 2. The van der Waals surface area contributed by atoms with Crippen molar-refractivity contribution in [3.8, 4) is 0 Å². The second kappa shape index (κ2) is 6.54. The van der Waals surface area contributed by atoms with Crippen molar-refractivity contribution in [3.05, 3.63) is 29.8 Å². The van der Waals surface area contributed by atoms with E-state index in [2.05, 4.69) is 5.32 Å². The number of hydrogen-bond donors (Lipinski definition) is 1. The molecule has 2 heterocycles. The van der Waals surface area contributed by atoms with E-state index in [0.29, 0.717) is 24.3 Å². The Morgan fingerprint density at radius 1 is 1.20 bits per heavy atom. The highest BCUT2D eigenvalue weighted by Gasteiger charge is 2.42. The Balaban J connectivity index is 1.69. The molecule has 1 aromatic rings. The lowest BCUT2D eigenvalue weighted by Crippen LogP contribution is -2.67. The molecule has 8 heteroatoms. The third-order valence-corrected chi connectivity index (χ3v) is 4.54. The summed E-state index contributed by atoms with van der Waals surface area (Å²) in [6.45, 7) is 2.40. The second-order valence-electron chi connectivity index (χ2n) is 6.31. The van der Waals surface area contributed by atoms with Gasteiger partial charge in [-0.1, -0.05) is 12.1 Å². The summed E-state index contributed by atoms with van der Waals surface area (Å²) in [5.74, 6) is -0.337. The fourth-order valence-corrected chi connectivity index (χ4v) is 3.12. The molecule has 0 aliphatic carbocycles. The van der Waals surface area contributed by atoms with Gasteiger partial charge in [-0.3, -0.25) is 14.4 Å².